The summed E-state index contributed by atoms with van der Waals surface area (Å²) in [7, 11) is 0. The zero-order chi connectivity index (χ0) is 10.8. The number of aromatic nitrogens is 1. The molecule has 2 rings (SSSR count). The Balaban J connectivity index is 2.69. The molecule has 0 fully saturated rings. The molecule has 2 aromatic rings. The number of nitrogens with zero attached hydrogens (tertiary/aromatic N) is 1. The summed E-state index contributed by atoms with van der Waals surface area (Å²) in [6, 6.07) is 6.48. The van der Waals surface area contributed by atoms with Crippen molar-refractivity contribution >= 4 is 10.9 Å². The summed E-state index contributed by atoms with van der Waals surface area (Å²) < 4.78 is 2.32. The van der Waals surface area contributed by atoms with Gasteiger partial charge in [-0.1, -0.05) is 18.2 Å². The van der Waals surface area contributed by atoms with Crippen LogP contribution in [0.5, 0.6) is 0 Å². The van der Waals surface area contributed by atoms with Crippen LogP contribution in [0.15, 0.2) is 24.4 Å². The van der Waals surface area contributed by atoms with Crippen LogP contribution in [0.3, 0.4) is 0 Å². The molecule has 0 aliphatic heterocycles. The number of para-hydroxylation sites is 1. The molecule has 15 heavy (non-hydrogen) atoms. The van der Waals surface area contributed by atoms with Crippen LogP contribution < -0.4 is 5.73 Å². The van der Waals surface area contributed by atoms with Crippen molar-refractivity contribution in [1.29, 1.82) is 0 Å². The van der Waals surface area contributed by atoms with Crippen molar-refractivity contribution in [2.24, 2.45) is 5.73 Å². The Labute approximate surface area is 90.7 Å². The van der Waals surface area contributed by atoms with Crippen LogP contribution >= 0.6 is 0 Å². The van der Waals surface area contributed by atoms with Gasteiger partial charge in [0.25, 0.3) is 0 Å². The number of fused-ring (bicyclic) bond motifs is 1. The summed E-state index contributed by atoms with van der Waals surface area (Å²) >= 11 is 0. The lowest BCUT2D eigenvalue weighted by molar-refractivity contribution is 0.789. The number of hydrogen-bond donors (Lipinski definition) is 1. The molecule has 0 atom stereocenters. The fraction of sp³-hybridized carbons (Fsp3) is 0.385. The summed E-state index contributed by atoms with van der Waals surface area (Å²) in [5.74, 6) is 0. The Bertz CT molecular complexity index is 469. The van der Waals surface area contributed by atoms with Gasteiger partial charge in [-0.25, -0.2) is 0 Å². The third kappa shape index (κ3) is 1.65. The smallest absolute Gasteiger partial charge is 0.0512 e. The molecule has 0 aliphatic rings. The molecule has 0 amide bonds. The highest BCUT2D eigenvalue weighted by molar-refractivity contribution is 5.86. The van der Waals surface area contributed by atoms with E-state index < -0.39 is 0 Å². The Kier molecular flexibility index (Phi) is 2.78. The zero-order valence-corrected chi connectivity index (χ0v) is 9.46. The summed E-state index contributed by atoms with van der Waals surface area (Å²) in [4.78, 5) is 0. The molecule has 0 spiro atoms. The number of rotatable bonds is 3. The summed E-state index contributed by atoms with van der Waals surface area (Å²) in [6.45, 7) is 6.08. The van der Waals surface area contributed by atoms with E-state index in [2.05, 4.69) is 42.8 Å². The molecular weight excluding hydrogens is 184 g/mol. The first-order valence-corrected chi connectivity index (χ1v) is 5.55. The lowest BCUT2D eigenvalue weighted by Crippen LogP contribution is -2.02. The van der Waals surface area contributed by atoms with Crippen molar-refractivity contribution in [3.63, 3.8) is 0 Å². The maximum atomic E-state index is 5.63. The minimum Gasteiger partial charge on any atom is -0.347 e. The standard InChI is InChI=1S/C13H18N2/c1-3-15-9-11(7-8-14)12-6-4-5-10(2)13(12)15/h4-6,9H,3,7-8,14H2,1-2H3. The van der Waals surface area contributed by atoms with Gasteiger partial charge in [0.1, 0.15) is 0 Å². The van der Waals surface area contributed by atoms with E-state index in [1.807, 2.05) is 0 Å². The first-order valence-electron chi connectivity index (χ1n) is 5.55. The van der Waals surface area contributed by atoms with E-state index >= 15 is 0 Å². The average molecular weight is 202 g/mol. The first kappa shape index (κ1) is 10.2. The lowest BCUT2D eigenvalue weighted by atomic mass is 10.1. The average Bonchev–Trinajstić information content (AvgIpc) is 2.59. The maximum Gasteiger partial charge on any atom is 0.0512 e. The minimum atomic E-state index is 0.719. The molecule has 0 radical (unpaired) electrons. The Hall–Kier alpha value is -1.28. The molecule has 0 saturated carbocycles. The van der Waals surface area contributed by atoms with Gasteiger partial charge in [-0.05, 0) is 37.9 Å². The molecule has 2 N–H and O–H groups in total. The van der Waals surface area contributed by atoms with E-state index in [-0.39, 0.29) is 0 Å². The van der Waals surface area contributed by atoms with E-state index in [0.717, 1.165) is 19.5 Å². The number of aryl methyl sites for hydroxylation is 2. The molecule has 0 bridgehead atoms. The van der Waals surface area contributed by atoms with Gasteiger partial charge in [0.15, 0.2) is 0 Å². The van der Waals surface area contributed by atoms with Gasteiger partial charge in [-0.2, -0.15) is 0 Å². The third-order valence-corrected chi connectivity index (χ3v) is 2.94. The van der Waals surface area contributed by atoms with Crippen LogP contribution in [0.4, 0.5) is 0 Å². The van der Waals surface area contributed by atoms with Gasteiger partial charge in [-0.3, -0.25) is 0 Å². The van der Waals surface area contributed by atoms with Gasteiger partial charge >= 0.3 is 0 Å². The molecule has 2 heteroatoms. The Morgan fingerprint density at radius 3 is 2.80 bits per heavy atom. The van der Waals surface area contributed by atoms with Crippen molar-refractivity contribution in [2.75, 3.05) is 6.54 Å². The Morgan fingerprint density at radius 2 is 2.13 bits per heavy atom. The quantitative estimate of drug-likeness (QED) is 0.814. The maximum absolute atomic E-state index is 5.63. The first-order chi connectivity index (χ1) is 7.27. The molecule has 0 unspecified atom stereocenters. The fourth-order valence-corrected chi connectivity index (χ4v) is 2.23. The monoisotopic (exact) mass is 202 g/mol. The van der Waals surface area contributed by atoms with Gasteiger partial charge in [0.2, 0.25) is 0 Å². The molecule has 0 saturated heterocycles. The molecule has 1 aromatic heterocycles. The van der Waals surface area contributed by atoms with Gasteiger partial charge in [-0.15, -0.1) is 0 Å². The fourth-order valence-electron chi connectivity index (χ4n) is 2.23. The summed E-state index contributed by atoms with van der Waals surface area (Å²) in [6.07, 6.45) is 3.21. The lowest BCUT2D eigenvalue weighted by Gasteiger charge is -2.03. The van der Waals surface area contributed by atoms with Gasteiger partial charge < -0.3 is 10.3 Å². The highest BCUT2D eigenvalue weighted by Crippen LogP contribution is 2.24. The van der Waals surface area contributed by atoms with Crippen molar-refractivity contribution in [2.45, 2.75) is 26.8 Å². The number of hydrogen-bond acceptors (Lipinski definition) is 1. The second-order valence-corrected chi connectivity index (χ2v) is 3.95. The van der Waals surface area contributed by atoms with Crippen molar-refractivity contribution in [3.05, 3.63) is 35.5 Å². The number of nitrogens with two attached hydrogens (primary N) is 1. The van der Waals surface area contributed by atoms with Crippen LogP contribution in [0.1, 0.15) is 18.1 Å². The van der Waals surface area contributed by atoms with E-state index in [4.69, 9.17) is 5.73 Å². The molecule has 1 aromatic carbocycles. The van der Waals surface area contributed by atoms with Crippen LogP contribution in [0.2, 0.25) is 0 Å². The van der Waals surface area contributed by atoms with Gasteiger partial charge in [0.05, 0.1) is 5.52 Å². The SMILES string of the molecule is CCn1cc(CCN)c2cccc(C)c21. The van der Waals surface area contributed by atoms with Gasteiger partial charge in [0, 0.05) is 18.1 Å². The van der Waals surface area contributed by atoms with Crippen LogP contribution in [-0.4, -0.2) is 11.1 Å². The number of benzene rings is 1. The summed E-state index contributed by atoms with van der Waals surface area (Å²) in [5.41, 5.74) is 9.71. The minimum absolute atomic E-state index is 0.719. The molecular formula is C13H18N2. The van der Waals surface area contributed by atoms with Crippen LogP contribution in [0.25, 0.3) is 10.9 Å². The second-order valence-electron chi connectivity index (χ2n) is 3.95. The predicted molar refractivity (Wildman–Crippen MR) is 65.1 cm³/mol. The van der Waals surface area contributed by atoms with Crippen molar-refractivity contribution in [3.8, 4) is 0 Å². The largest absolute Gasteiger partial charge is 0.347 e. The van der Waals surface area contributed by atoms with E-state index in [1.165, 1.54) is 22.0 Å². The van der Waals surface area contributed by atoms with Crippen LogP contribution in [-0.2, 0) is 13.0 Å². The van der Waals surface area contributed by atoms with Crippen molar-refractivity contribution in [1.82, 2.24) is 4.57 Å². The highest BCUT2D eigenvalue weighted by atomic mass is 14.9. The normalized spacial score (nSPS) is 11.1. The van der Waals surface area contributed by atoms with E-state index in [9.17, 15) is 0 Å². The topological polar surface area (TPSA) is 30.9 Å². The molecule has 80 valence electrons. The zero-order valence-electron chi connectivity index (χ0n) is 9.46. The predicted octanol–water partition coefficient (Wildman–Crippen LogP) is 2.47. The summed E-state index contributed by atoms with van der Waals surface area (Å²) in [5, 5.41) is 1.36. The van der Waals surface area contributed by atoms with Crippen LogP contribution in [0, 0.1) is 6.92 Å². The molecule has 0 aliphatic carbocycles. The van der Waals surface area contributed by atoms with E-state index in [1.54, 1.807) is 0 Å². The van der Waals surface area contributed by atoms with Crippen molar-refractivity contribution < 1.29 is 0 Å². The highest BCUT2D eigenvalue weighted by Gasteiger charge is 2.08. The van der Waals surface area contributed by atoms with E-state index in [0.29, 0.717) is 0 Å². The third-order valence-electron chi connectivity index (χ3n) is 2.94. The molecule has 2 nitrogen and oxygen atoms in total. The second kappa shape index (κ2) is 4.07. The molecule has 1 heterocycles. The Morgan fingerprint density at radius 1 is 1.33 bits per heavy atom.